The van der Waals surface area contributed by atoms with Gasteiger partial charge in [-0.3, -0.25) is 4.79 Å². The Balaban J connectivity index is 1.84. The number of hydrogen-bond acceptors (Lipinski definition) is 4. The Hall–Kier alpha value is -2.83. The van der Waals surface area contributed by atoms with E-state index in [1.54, 1.807) is 17.0 Å². The molecule has 1 aromatic carbocycles. The van der Waals surface area contributed by atoms with Crippen LogP contribution in [-0.4, -0.2) is 37.9 Å². The number of benzene rings is 1. The van der Waals surface area contributed by atoms with Gasteiger partial charge in [0.1, 0.15) is 11.5 Å². The lowest BCUT2D eigenvalue weighted by Crippen LogP contribution is -2.41. The molecule has 1 amide bonds. The Kier molecular flexibility index (Phi) is 5.55. The fraction of sp³-hybridized carbons (Fsp3) is 0.368. The standard InChI is InChI=1S/C19H20FN3O3/c20-14-8-6-13(7-9-14)12-23(15-4-2-1-3-5-15)18(24)16-10-22-17(11-21-16)19(25)26/h6-11,15H,1-5,12H2,(H,25,26). The predicted octanol–water partition coefficient (Wildman–Crippen LogP) is 3.29. The van der Waals surface area contributed by atoms with Gasteiger partial charge in [0.05, 0.1) is 12.4 Å². The van der Waals surface area contributed by atoms with Gasteiger partial charge in [0.25, 0.3) is 5.91 Å². The first kappa shape index (κ1) is 18.0. The number of nitrogens with zero attached hydrogens (tertiary/aromatic N) is 3. The van der Waals surface area contributed by atoms with E-state index in [1.807, 2.05) is 0 Å². The van der Waals surface area contributed by atoms with Crippen molar-refractivity contribution in [2.75, 3.05) is 0 Å². The quantitative estimate of drug-likeness (QED) is 0.888. The van der Waals surface area contributed by atoms with Crippen molar-refractivity contribution in [2.24, 2.45) is 0 Å². The minimum Gasteiger partial charge on any atom is -0.476 e. The molecule has 1 aromatic heterocycles. The van der Waals surface area contributed by atoms with Crippen LogP contribution in [0.25, 0.3) is 0 Å². The first-order chi connectivity index (χ1) is 12.5. The summed E-state index contributed by atoms with van der Waals surface area (Å²) in [6.45, 7) is 0.353. The Morgan fingerprint density at radius 2 is 1.65 bits per heavy atom. The zero-order chi connectivity index (χ0) is 18.5. The van der Waals surface area contributed by atoms with Crippen LogP contribution < -0.4 is 0 Å². The van der Waals surface area contributed by atoms with Crippen molar-refractivity contribution >= 4 is 11.9 Å². The normalized spacial score (nSPS) is 14.8. The Morgan fingerprint density at radius 1 is 1.04 bits per heavy atom. The summed E-state index contributed by atoms with van der Waals surface area (Å²) in [4.78, 5) is 33.4. The van der Waals surface area contributed by atoms with E-state index in [1.165, 1.54) is 18.3 Å². The fourth-order valence-corrected chi connectivity index (χ4v) is 3.24. The van der Waals surface area contributed by atoms with Crippen LogP contribution in [0, 0.1) is 5.82 Å². The largest absolute Gasteiger partial charge is 0.476 e. The maximum atomic E-state index is 13.2. The number of carbonyl (C=O) groups is 2. The van der Waals surface area contributed by atoms with Crippen LogP contribution in [0.1, 0.15) is 58.6 Å². The molecular formula is C19H20FN3O3. The fourth-order valence-electron chi connectivity index (χ4n) is 3.24. The van der Waals surface area contributed by atoms with E-state index < -0.39 is 5.97 Å². The first-order valence-electron chi connectivity index (χ1n) is 8.65. The number of rotatable bonds is 5. The average Bonchev–Trinajstić information content (AvgIpc) is 2.68. The van der Waals surface area contributed by atoms with Gasteiger partial charge in [-0.15, -0.1) is 0 Å². The van der Waals surface area contributed by atoms with Crippen LogP contribution in [0.5, 0.6) is 0 Å². The first-order valence-corrected chi connectivity index (χ1v) is 8.65. The Morgan fingerprint density at radius 3 is 2.23 bits per heavy atom. The van der Waals surface area contributed by atoms with Gasteiger partial charge < -0.3 is 10.0 Å². The van der Waals surface area contributed by atoms with Crippen molar-refractivity contribution in [3.05, 3.63) is 59.4 Å². The number of carboxylic acids is 1. The van der Waals surface area contributed by atoms with E-state index in [4.69, 9.17) is 5.11 Å². The Bertz CT molecular complexity index is 772. The van der Waals surface area contributed by atoms with Crippen LogP contribution >= 0.6 is 0 Å². The van der Waals surface area contributed by atoms with Gasteiger partial charge in [-0.1, -0.05) is 31.4 Å². The molecule has 7 heteroatoms. The monoisotopic (exact) mass is 357 g/mol. The highest BCUT2D eigenvalue weighted by Gasteiger charge is 2.27. The number of halogens is 1. The molecule has 136 valence electrons. The third-order valence-electron chi connectivity index (χ3n) is 4.63. The summed E-state index contributed by atoms with van der Waals surface area (Å²) in [5.41, 5.74) is 0.743. The summed E-state index contributed by atoms with van der Waals surface area (Å²) in [5.74, 6) is -1.79. The summed E-state index contributed by atoms with van der Waals surface area (Å²) < 4.78 is 13.2. The van der Waals surface area contributed by atoms with Crippen LogP contribution in [0.3, 0.4) is 0 Å². The summed E-state index contributed by atoms with van der Waals surface area (Å²) in [6, 6.07) is 6.16. The highest BCUT2D eigenvalue weighted by molar-refractivity contribution is 5.93. The van der Waals surface area contributed by atoms with Gasteiger partial charge in [-0.2, -0.15) is 0 Å². The summed E-state index contributed by atoms with van der Waals surface area (Å²) in [5, 5.41) is 8.92. The molecule has 0 atom stereocenters. The molecule has 26 heavy (non-hydrogen) atoms. The molecule has 1 fully saturated rings. The topological polar surface area (TPSA) is 83.4 Å². The van der Waals surface area contributed by atoms with Crippen molar-refractivity contribution in [1.29, 1.82) is 0 Å². The van der Waals surface area contributed by atoms with Crippen molar-refractivity contribution in [3.63, 3.8) is 0 Å². The maximum Gasteiger partial charge on any atom is 0.356 e. The number of carbonyl (C=O) groups excluding carboxylic acids is 1. The third kappa shape index (κ3) is 4.22. The zero-order valence-electron chi connectivity index (χ0n) is 14.3. The number of aromatic nitrogens is 2. The molecule has 6 nitrogen and oxygen atoms in total. The Labute approximate surface area is 150 Å². The van der Waals surface area contributed by atoms with Crippen LogP contribution in [0.2, 0.25) is 0 Å². The van der Waals surface area contributed by atoms with Crippen molar-refractivity contribution in [1.82, 2.24) is 14.9 Å². The van der Waals surface area contributed by atoms with E-state index in [-0.39, 0.29) is 29.2 Å². The highest BCUT2D eigenvalue weighted by atomic mass is 19.1. The molecule has 0 bridgehead atoms. The molecule has 1 saturated carbocycles. The second-order valence-corrected chi connectivity index (χ2v) is 6.44. The third-order valence-corrected chi connectivity index (χ3v) is 4.63. The maximum absolute atomic E-state index is 13.2. The van der Waals surface area contributed by atoms with Crippen LogP contribution in [-0.2, 0) is 6.54 Å². The lowest BCUT2D eigenvalue weighted by Gasteiger charge is -2.34. The molecule has 1 aliphatic carbocycles. The van der Waals surface area contributed by atoms with E-state index in [2.05, 4.69) is 9.97 Å². The van der Waals surface area contributed by atoms with E-state index >= 15 is 0 Å². The molecule has 1 aliphatic rings. The molecular weight excluding hydrogens is 337 g/mol. The molecule has 0 radical (unpaired) electrons. The van der Waals surface area contributed by atoms with E-state index in [0.717, 1.165) is 43.9 Å². The molecule has 0 aliphatic heterocycles. The van der Waals surface area contributed by atoms with Crippen molar-refractivity contribution in [2.45, 2.75) is 44.7 Å². The lowest BCUT2D eigenvalue weighted by atomic mass is 9.93. The van der Waals surface area contributed by atoms with Gasteiger partial charge in [-0.25, -0.2) is 19.2 Å². The molecule has 1 N–H and O–H groups in total. The number of aromatic carboxylic acids is 1. The molecule has 0 saturated heterocycles. The molecule has 0 unspecified atom stereocenters. The van der Waals surface area contributed by atoms with Crippen molar-refractivity contribution in [3.8, 4) is 0 Å². The van der Waals surface area contributed by atoms with E-state index in [9.17, 15) is 14.0 Å². The number of hydrogen-bond donors (Lipinski definition) is 1. The van der Waals surface area contributed by atoms with Gasteiger partial charge in [0.2, 0.25) is 0 Å². The SMILES string of the molecule is O=C(O)c1cnc(C(=O)N(Cc2ccc(F)cc2)C2CCCCC2)cn1. The molecule has 1 heterocycles. The number of amides is 1. The summed E-state index contributed by atoms with van der Waals surface area (Å²) in [7, 11) is 0. The minimum atomic E-state index is -1.19. The summed E-state index contributed by atoms with van der Waals surface area (Å²) >= 11 is 0. The van der Waals surface area contributed by atoms with Gasteiger partial charge in [-0.05, 0) is 30.5 Å². The average molecular weight is 357 g/mol. The summed E-state index contributed by atoms with van der Waals surface area (Å²) in [6.07, 6.45) is 7.38. The molecule has 3 rings (SSSR count). The molecule has 0 spiro atoms. The smallest absolute Gasteiger partial charge is 0.356 e. The van der Waals surface area contributed by atoms with Crippen LogP contribution in [0.15, 0.2) is 36.7 Å². The minimum absolute atomic E-state index is 0.0854. The predicted molar refractivity (Wildman–Crippen MR) is 92.1 cm³/mol. The highest BCUT2D eigenvalue weighted by Crippen LogP contribution is 2.25. The number of carboxylic acid groups (broad SMARTS) is 1. The zero-order valence-corrected chi connectivity index (χ0v) is 14.3. The van der Waals surface area contributed by atoms with Crippen LogP contribution in [0.4, 0.5) is 4.39 Å². The van der Waals surface area contributed by atoms with Gasteiger partial charge in [0.15, 0.2) is 5.69 Å². The van der Waals surface area contributed by atoms with Gasteiger partial charge >= 0.3 is 5.97 Å². The van der Waals surface area contributed by atoms with E-state index in [0.29, 0.717) is 6.54 Å². The van der Waals surface area contributed by atoms with Gasteiger partial charge in [0, 0.05) is 12.6 Å². The second-order valence-electron chi connectivity index (χ2n) is 6.44. The molecule has 2 aromatic rings. The lowest BCUT2D eigenvalue weighted by molar-refractivity contribution is 0.0604. The second kappa shape index (κ2) is 8.03. The van der Waals surface area contributed by atoms with Crippen molar-refractivity contribution < 1.29 is 19.1 Å².